The second-order valence-corrected chi connectivity index (χ2v) is 3.88. The van der Waals surface area contributed by atoms with Crippen molar-refractivity contribution in [1.82, 2.24) is 25.1 Å². The first kappa shape index (κ1) is 12.1. The summed E-state index contributed by atoms with van der Waals surface area (Å²) in [5, 5.41) is 8.61. The van der Waals surface area contributed by atoms with Crippen LogP contribution in [0.3, 0.4) is 0 Å². The molecule has 2 heterocycles. The highest BCUT2D eigenvalue weighted by Crippen LogP contribution is 2.18. The van der Waals surface area contributed by atoms with Gasteiger partial charge in [-0.25, -0.2) is 14.5 Å². The van der Waals surface area contributed by atoms with Gasteiger partial charge in [-0.1, -0.05) is 0 Å². The highest BCUT2D eigenvalue weighted by Gasteiger charge is 2.16. The van der Waals surface area contributed by atoms with E-state index in [1.165, 1.54) is 19.5 Å². The van der Waals surface area contributed by atoms with Crippen LogP contribution < -0.4 is 10.1 Å². The van der Waals surface area contributed by atoms with Crippen LogP contribution in [0.4, 0.5) is 10.3 Å². The molecule has 0 saturated carbocycles. The van der Waals surface area contributed by atoms with Gasteiger partial charge in [-0.3, -0.25) is 10.1 Å². The molecule has 3 rings (SSSR count). The zero-order valence-electron chi connectivity index (χ0n) is 10.3. The SMILES string of the molecule is COc1n[nH]c(NC(=O)c2cc(F)cc3[nH]cnc23)n1. The third-order valence-electron chi connectivity index (χ3n) is 2.61. The van der Waals surface area contributed by atoms with Gasteiger partial charge in [0.2, 0.25) is 5.95 Å². The van der Waals surface area contributed by atoms with E-state index in [1.54, 1.807) is 0 Å². The maximum absolute atomic E-state index is 13.4. The number of hydrogen-bond acceptors (Lipinski definition) is 5. The zero-order valence-corrected chi connectivity index (χ0v) is 10.3. The van der Waals surface area contributed by atoms with Crippen molar-refractivity contribution >= 4 is 22.9 Å². The Labute approximate surface area is 111 Å². The number of benzene rings is 1. The van der Waals surface area contributed by atoms with Crippen molar-refractivity contribution in [3.8, 4) is 6.01 Å². The van der Waals surface area contributed by atoms with E-state index in [1.807, 2.05) is 0 Å². The Bertz CT molecular complexity index is 780. The van der Waals surface area contributed by atoms with E-state index in [9.17, 15) is 9.18 Å². The number of anilines is 1. The summed E-state index contributed by atoms with van der Waals surface area (Å²) in [5.41, 5.74) is 0.900. The highest BCUT2D eigenvalue weighted by atomic mass is 19.1. The second kappa shape index (κ2) is 4.61. The number of hydrogen-bond donors (Lipinski definition) is 3. The summed E-state index contributed by atoms with van der Waals surface area (Å²) in [4.78, 5) is 22.7. The normalized spacial score (nSPS) is 10.7. The number of nitrogens with zero attached hydrogens (tertiary/aromatic N) is 3. The molecule has 1 aromatic carbocycles. The third kappa shape index (κ3) is 2.05. The summed E-state index contributed by atoms with van der Waals surface area (Å²) >= 11 is 0. The Morgan fingerprint density at radius 1 is 1.45 bits per heavy atom. The lowest BCUT2D eigenvalue weighted by Gasteiger charge is -2.02. The van der Waals surface area contributed by atoms with E-state index in [2.05, 4.69) is 30.5 Å². The van der Waals surface area contributed by atoms with Crippen molar-refractivity contribution in [2.75, 3.05) is 12.4 Å². The van der Waals surface area contributed by atoms with Crippen LogP contribution in [0.25, 0.3) is 11.0 Å². The Morgan fingerprint density at radius 2 is 2.30 bits per heavy atom. The van der Waals surface area contributed by atoms with Gasteiger partial charge in [0.25, 0.3) is 5.91 Å². The molecule has 3 aromatic rings. The molecule has 0 unspecified atom stereocenters. The monoisotopic (exact) mass is 276 g/mol. The molecule has 3 N–H and O–H groups in total. The molecular weight excluding hydrogens is 267 g/mol. The first-order valence-corrected chi connectivity index (χ1v) is 5.58. The number of carbonyl (C=O) groups excluding carboxylic acids is 1. The smallest absolute Gasteiger partial charge is 0.336 e. The molecule has 0 aliphatic carbocycles. The topological polar surface area (TPSA) is 109 Å². The average molecular weight is 276 g/mol. The van der Waals surface area contributed by atoms with Gasteiger partial charge in [-0.2, -0.15) is 4.98 Å². The summed E-state index contributed by atoms with van der Waals surface area (Å²) in [5.74, 6) is -0.998. The first-order chi connectivity index (χ1) is 9.67. The van der Waals surface area contributed by atoms with Crippen molar-refractivity contribution in [3.05, 3.63) is 29.8 Å². The van der Waals surface area contributed by atoms with Crippen LogP contribution in [-0.4, -0.2) is 38.2 Å². The Balaban J connectivity index is 1.94. The number of rotatable bonds is 3. The predicted molar refractivity (Wildman–Crippen MR) is 66.9 cm³/mol. The van der Waals surface area contributed by atoms with E-state index in [0.717, 1.165) is 6.07 Å². The molecule has 0 radical (unpaired) electrons. The molecule has 0 atom stereocenters. The van der Waals surface area contributed by atoms with Crippen molar-refractivity contribution < 1.29 is 13.9 Å². The summed E-state index contributed by atoms with van der Waals surface area (Å²) in [6.07, 6.45) is 1.39. The summed E-state index contributed by atoms with van der Waals surface area (Å²) in [6, 6.07) is 2.45. The number of aromatic nitrogens is 5. The molecule has 0 bridgehead atoms. The molecule has 0 saturated heterocycles. The second-order valence-electron chi connectivity index (χ2n) is 3.88. The van der Waals surface area contributed by atoms with Gasteiger partial charge in [0.05, 0.1) is 24.5 Å². The summed E-state index contributed by atoms with van der Waals surface area (Å²) in [7, 11) is 1.40. The maximum Gasteiger partial charge on any atom is 0.336 e. The molecule has 1 amide bonds. The third-order valence-corrected chi connectivity index (χ3v) is 2.61. The predicted octanol–water partition coefficient (Wildman–Crippen LogP) is 1.08. The van der Waals surface area contributed by atoms with Gasteiger partial charge in [-0.15, -0.1) is 5.10 Å². The molecule has 102 valence electrons. The minimum absolute atomic E-state index is 0.0875. The van der Waals surface area contributed by atoms with Crippen molar-refractivity contribution in [2.45, 2.75) is 0 Å². The van der Waals surface area contributed by atoms with Crippen molar-refractivity contribution in [3.63, 3.8) is 0 Å². The van der Waals surface area contributed by atoms with Crippen LogP contribution in [-0.2, 0) is 0 Å². The van der Waals surface area contributed by atoms with Crippen LogP contribution in [0, 0.1) is 5.82 Å². The minimum Gasteiger partial charge on any atom is -0.466 e. The van der Waals surface area contributed by atoms with Gasteiger partial charge >= 0.3 is 6.01 Å². The van der Waals surface area contributed by atoms with Crippen molar-refractivity contribution in [2.24, 2.45) is 0 Å². The van der Waals surface area contributed by atoms with E-state index in [4.69, 9.17) is 4.74 Å². The molecule has 0 spiro atoms. The van der Waals surface area contributed by atoms with Gasteiger partial charge in [-0.05, 0) is 12.1 Å². The van der Waals surface area contributed by atoms with E-state index in [0.29, 0.717) is 11.0 Å². The van der Waals surface area contributed by atoms with E-state index >= 15 is 0 Å². The highest BCUT2D eigenvalue weighted by molar-refractivity contribution is 6.10. The lowest BCUT2D eigenvalue weighted by molar-refractivity contribution is 0.102. The van der Waals surface area contributed by atoms with Crippen molar-refractivity contribution in [1.29, 1.82) is 0 Å². The quantitative estimate of drug-likeness (QED) is 0.663. The number of halogens is 1. The number of aromatic amines is 2. The standard InChI is InChI=1S/C11H9FN6O2/c1-20-11-16-10(17-18-11)15-9(19)6-2-5(12)3-7-8(6)14-4-13-7/h2-4H,1H3,(H,13,14)(H2,15,16,17,18,19). The van der Waals surface area contributed by atoms with E-state index in [-0.39, 0.29) is 17.5 Å². The zero-order chi connectivity index (χ0) is 14.1. The summed E-state index contributed by atoms with van der Waals surface area (Å²) in [6.45, 7) is 0. The Morgan fingerprint density at radius 3 is 3.05 bits per heavy atom. The Kier molecular flexibility index (Phi) is 2.78. The fourth-order valence-electron chi connectivity index (χ4n) is 1.76. The molecule has 0 aliphatic rings. The fraction of sp³-hybridized carbons (Fsp3) is 0.0909. The number of H-pyrrole nitrogens is 2. The molecule has 9 heteroatoms. The van der Waals surface area contributed by atoms with E-state index < -0.39 is 11.7 Å². The average Bonchev–Trinajstić information content (AvgIpc) is 3.05. The lowest BCUT2D eigenvalue weighted by Crippen LogP contribution is -2.14. The fourth-order valence-corrected chi connectivity index (χ4v) is 1.76. The van der Waals surface area contributed by atoms with Gasteiger partial charge in [0, 0.05) is 0 Å². The molecule has 20 heavy (non-hydrogen) atoms. The first-order valence-electron chi connectivity index (χ1n) is 5.58. The van der Waals surface area contributed by atoms with Crippen LogP contribution >= 0.6 is 0 Å². The number of ether oxygens (including phenoxy) is 1. The number of methoxy groups -OCH3 is 1. The maximum atomic E-state index is 13.4. The lowest BCUT2D eigenvalue weighted by atomic mass is 10.1. The molecule has 8 nitrogen and oxygen atoms in total. The number of nitrogens with one attached hydrogen (secondary N) is 3. The molecule has 2 aromatic heterocycles. The molecule has 0 fully saturated rings. The number of carbonyl (C=O) groups is 1. The number of amides is 1. The number of fused-ring (bicyclic) bond motifs is 1. The van der Waals surface area contributed by atoms with Gasteiger partial charge < -0.3 is 9.72 Å². The largest absolute Gasteiger partial charge is 0.466 e. The van der Waals surface area contributed by atoms with Gasteiger partial charge in [0.15, 0.2) is 0 Å². The van der Waals surface area contributed by atoms with Crippen LogP contribution in [0.1, 0.15) is 10.4 Å². The Hall–Kier alpha value is -2.97. The van der Waals surface area contributed by atoms with Crippen LogP contribution in [0.2, 0.25) is 0 Å². The minimum atomic E-state index is -0.555. The molecular formula is C11H9FN6O2. The van der Waals surface area contributed by atoms with Gasteiger partial charge in [0.1, 0.15) is 11.3 Å². The summed E-state index contributed by atoms with van der Waals surface area (Å²) < 4.78 is 18.2. The van der Waals surface area contributed by atoms with Crippen LogP contribution in [0.15, 0.2) is 18.5 Å². The number of imidazole rings is 1. The van der Waals surface area contributed by atoms with Crippen LogP contribution in [0.5, 0.6) is 6.01 Å². The molecule has 0 aliphatic heterocycles.